The molecule has 1 aliphatic carbocycles. The van der Waals surface area contributed by atoms with Crippen molar-refractivity contribution in [2.75, 3.05) is 7.05 Å². The minimum Gasteiger partial charge on any atom is -0.454 e. The Balaban J connectivity index is 1.55. The Hall–Kier alpha value is -2.77. The van der Waals surface area contributed by atoms with Crippen LogP contribution in [0.3, 0.4) is 0 Å². The highest BCUT2D eigenvalue weighted by molar-refractivity contribution is 5.89. The third kappa shape index (κ3) is 4.07. The number of nitrogens with zero attached hydrogens (tertiary/aromatic N) is 3. The number of aliphatic imine (C=N–C) groups is 1. The number of primary amides is 1. The van der Waals surface area contributed by atoms with Crippen molar-refractivity contribution in [2.24, 2.45) is 10.7 Å². The van der Waals surface area contributed by atoms with E-state index < -0.39 is 5.91 Å². The predicted octanol–water partition coefficient (Wildman–Crippen LogP) is 1.38. The maximum Gasteiger partial charge on any atom is 0.284 e. The topological polar surface area (TPSA) is 110 Å². The molecule has 1 atom stereocenters. The second kappa shape index (κ2) is 7.63. The van der Waals surface area contributed by atoms with E-state index >= 15 is 0 Å². The van der Waals surface area contributed by atoms with Crippen LogP contribution >= 0.6 is 0 Å². The van der Waals surface area contributed by atoms with Gasteiger partial charge in [0.1, 0.15) is 5.76 Å². The molecule has 0 saturated carbocycles. The van der Waals surface area contributed by atoms with Gasteiger partial charge in [-0.2, -0.15) is 5.10 Å². The van der Waals surface area contributed by atoms with Gasteiger partial charge >= 0.3 is 0 Å². The largest absolute Gasteiger partial charge is 0.454 e. The second-order valence-corrected chi connectivity index (χ2v) is 6.81. The van der Waals surface area contributed by atoms with Crippen molar-refractivity contribution in [1.29, 1.82) is 0 Å². The number of hydrogen-bond acceptors (Lipinski definition) is 4. The number of fused-ring (bicyclic) bond motifs is 1. The zero-order valence-electron chi connectivity index (χ0n) is 15.5. The summed E-state index contributed by atoms with van der Waals surface area (Å²) in [5.74, 6) is 0.907. The van der Waals surface area contributed by atoms with Gasteiger partial charge in [0.2, 0.25) is 0 Å². The van der Waals surface area contributed by atoms with Crippen LogP contribution in [0.1, 0.15) is 53.9 Å². The summed E-state index contributed by atoms with van der Waals surface area (Å²) in [5, 5.41) is 11.3. The predicted molar refractivity (Wildman–Crippen MR) is 99.0 cm³/mol. The van der Waals surface area contributed by atoms with E-state index in [0.29, 0.717) is 24.3 Å². The number of furan rings is 1. The highest BCUT2D eigenvalue weighted by Crippen LogP contribution is 2.21. The number of aromatic nitrogens is 2. The minimum absolute atomic E-state index is 0.158. The Labute approximate surface area is 152 Å². The van der Waals surface area contributed by atoms with Gasteiger partial charge in [0.15, 0.2) is 11.7 Å². The normalized spacial score (nSPS) is 17.2. The average molecular weight is 358 g/mol. The van der Waals surface area contributed by atoms with Gasteiger partial charge in [0.25, 0.3) is 5.91 Å². The van der Waals surface area contributed by atoms with Crippen LogP contribution in [-0.4, -0.2) is 34.7 Å². The first-order chi connectivity index (χ1) is 12.5. The number of hydrogen-bond donors (Lipinski definition) is 3. The third-order valence-corrected chi connectivity index (χ3v) is 4.52. The number of rotatable bonds is 5. The Kier molecular flexibility index (Phi) is 5.29. The number of carbonyl (C=O) groups excluding carboxylic acids is 1. The van der Waals surface area contributed by atoms with Crippen molar-refractivity contribution in [3.63, 3.8) is 0 Å². The molecule has 8 nitrogen and oxygen atoms in total. The molecule has 26 heavy (non-hydrogen) atoms. The fourth-order valence-corrected chi connectivity index (χ4v) is 3.06. The van der Waals surface area contributed by atoms with Crippen LogP contribution in [0.4, 0.5) is 0 Å². The molecular formula is C18H26N6O2. The van der Waals surface area contributed by atoms with E-state index in [-0.39, 0.29) is 11.8 Å². The SMILES string of the molecule is CN=C(NCc1ccc(C(N)=O)o1)NC1CCc2cn(C(C)C)nc2C1. The lowest BCUT2D eigenvalue weighted by molar-refractivity contribution is 0.0972. The lowest BCUT2D eigenvalue weighted by atomic mass is 9.94. The molecule has 140 valence electrons. The van der Waals surface area contributed by atoms with E-state index in [9.17, 15) is 4.79 Å². The Bertz CT molecular complexity index is 804. The number of aryl methyl sites for hydroxylation is 1. The van der Waals surface area contributed by atoms with E-state index in [4.69, 9.17) is 15.2 Å². The zero-order chi connectivity index (χ0) is 18.7. The van der Waals surface area contributed by atoms with Crippen molar-refractivity contribution in [2.45, 2.75) is 51.7 Å². The van der Waals surface area contributed by atoms with Gasteiger partial charge in [-0.15, -0.1) is 0 Å². The summed E-state index contributed by atoms with van der Waals surface area (Å²) in [4.78, 5) is 15.3. The average Bonchev–Trinajstić information content (AvgIpc) is 3.25. The molecule has 8 heteroatoms. The van der Waals surface area contributed by atoms with Crippen LogP contribution in [0.15, 0.2) is 27.7 Å². The first-order valence-corrected chi connectivity index (χ1v) is 8.89. The zero-order valence-corrected chi connectivity index (χ0v) is 15.5. The maximum atomic E-state index is 11.1. The Morgan fingerprint density at radius 3 is 2.96 bits per heavy atom. The third-order valence-electron chi connectivity index (χ3n) is 4.52. The van der Waals surface area contributed by atoms with E-state index in [1.54, 1.807) is 19.2 Å². The van der Waals surface area contributed by atoms with Crippen molar-refractivity contribution < 1.29 is 9.21 Å². The monoisotopic (exact) mass is 358 g/mol. The number of nitrogens with two attached hydrogens (primary N) is 1. The van der Waals surface area contributed by atoms with Crippen LogP contribution in [0, 0.1) is 0 Å². The smallest absolute Gasteiger partial charge is 0.284 e. The maximum absolute atomic E-state index is 11.1. The highest BCUT2D eigenvalue weighted by Gasteiger charge is 2.23. The molecule has 1 aliphatic rings. The molecule has 0 saturated heterocycles. The second-order valence-electron chi connectivity index (χ2n) is 6.81. The first-order valence-electron chi connectivity index (χ1n) is 8.89. The van der Waals surface area contributed by atoms with Crippen molar-refractivity contribution >= 4 is 11.9 Å². The summed E-state index contributed by atoms with van der Waals surface area (Å²) in [6.45, 7) is 4.70. The lowest BCUT2D eigenvalue weighted by Crippen LogP contribution is -2.45. The van der Waals surface area contributed by atoms with E-state index in [2.05, 4.69) is 35.7 Å². The molecule has 1 amide bonds. The van der Waals surface area contributed by atoms with Crippen LogP contribution < -0.4 is 16.4 Å². The fraction of sp³-hybridized carbons (Fsp3) is 0.500. The molecule has 0 aliphatic heterocycles. The molecule has 0 bridgehead atoms. The lowest BCUT2D eigenvalue weighted by Gasteiger charge is -2.24. The summed E-state index contributed by atoms with van der Waals surface area (Å²) < 4.78 is 7.40. The summed E-state index contributed by atoms with van der Waals surface area (Å²) in [6.07, 6.45) is 5.08. The van der Waals surface area contributed by atoms with Gasteiger partial charge in [-0.05, 0) is 44.4 Å². The molecule has 2 heterocycles. The van der Waals surface area contributed by atoms with Crippen molar-refractivity contribution in [3.05, 3.63) is 41.1 Å². The number of guanidine groups is 1. The Morgan fingerprint density at radius 2 is 2.31 bits per heavy atom. The fourth-order valence-electron chi connectivity index (χ4n) is 3.06. The van der Waals surface area contributed by atoms with Crippen LogP contribution in [0.25, 0.3) is 0 Å². The van der Waals surface area contributed by atoms with Crippen LogP contribution in [0.2, 0.25) is 0 Å². The van der Waals surface area contributed by atoms with Crippen LogP contribution in [0.5, 0.6) is 0 Å². The van der Waals surface area contributed by atoms with Gasteiger partial charge in [-0.3, -0.25) is 14.5 Å². The molecule has 2 aromatic heterocycles. The first kappa shape index (κ1) is 18.0. The van der Waals surface area contributed by atoms with E-state index in [1.165, 1.54) is 5.56 Å². The molecule has 0 spiro atoms. The van der Waals surface area contributed by atoms with Gasteiger partial charge in [0.05, 0.1) is 12.2 Å². The van der Waals surface area contributed by atoms with Gasteiger partial charge < -0.3 is 20.8 Å². The van der Waals surface area contributed by atoms with E-state index in [1.807, 2.05) is 4.68 Å². The molecule has 3 rings (SSSR count). The van der Waals surface area contributed by atoms with Crippen molar-refractivity contribution in [1.82, 2.24) is 20.4 Å². The summed E-state index contributed by atoms with van der Waals surface area (Å²) in [6, 6.07) is 3.96. The highest BCUT2D eigenvalue weighted by atomic mass is 16.3. The molecule has 0 aromatic carbocycles. The quantitative estimate of drug-likeness (QED) is 0.552. The minimum atomic E-state index is -0.572. The molecule has 0 fully saturated rings. The standard InChI is InChI=1S/C18H26N6O2/c1-11(2)24-10-12-4-5-13(8-15(12)23-24)22-18(20-3)21-9-14-6-7-16(26-14)17(19)25/h6-7,10-11,13H,4-5,8-9H2,1-3H3,(H2,19,25)(H2,20,21,22). The number of carbonyl (C=O) groups is 1. The van der Waals surface area contributed by atoms with Crippen LogP contribution in [-0.2, 0) is 19.4 Å². The van der Waals surface area contributed by atoms with E-state index in [0.717, 1.165) is 25.0 Å². The molecule has 4 N–H and O–H groups in total. The van der Waals surface area contributed by atoms with Gasteiger partial charge in [0, 0.05) is 31.7 Å². The summed E-state index contributed by atoms with van der Waals surface area (Å²) in [5.41, 5.74) is 7.70. The molecule has 1 unspecified atom stereocenters. The van der Waals surface area contributed by atoms with Gasteiger partial charge in [-0.1, -0.05) is 0 Å². The molecular weight excluding hydrogens is 332 g/mol. The number of amides is 1. The number of nitrogens with one attached hydrogen (secondary N) is 2. The molecule has 2 aromatic rings. The van der Waals surface area contributed by atoms with Gasteiger partial charge in [-0.25, -0.2) is 0 Å². The van der Waals surface area contributed by atoms with Crippen molar-refractivity contribution in [3.8, 4) is 0 Å². The molecule has 0 radical (unpaired) electrons. The summed E-state index contributed by atoms with van der Waals surface area (Å²) >= 11 is 0. The summed E-state index contributed by atoms with van der Waals surface area (Å²) in [7, 11) is 1.73. The Morgan fingerprint density at radius 1 is 1.50 bits per heavy atom.